The van der Waals surface area contributed by atoms with Crippen molar-refractivity contribution in [2.45, 2.75) is 6.92 Å². The van der Waals surface area contributed by atoms with Crippen LogP contribution in [-0.4, -0.2) is 42.3 Å². The Morgan fingerprint density at radius 2 is 0.882 bits per heavy atom. The molecule has 0 saturated heterocycles. The van der Waals surface area contributed by atoms with Crippen LogP contribution in [-0.2, 0) is 51.7 Å². The molecule has 0 spiro atoms. The monoisotopic (exact) mass is 571 g/mol. The zero-order valence-corrected chi connectivity index (χ0v) is 19.3. The Bertz CT molecular complexity index is 152. The quantitative estimate of drug-likeness (QED) is 0.340. The van der Waals surface area contributed by atoms with Crippen LogP contribution in [0.3, 0.4) is 0 Å². The van der Waals surface area contributed by atoms with Gasteiger partial charge in [-0.2, -0.15) is 60.0 Å². The molecule has 0 atom stereocenters. The zero-order valence-electron chi connectivity index (χ0n) is 12.2. The fourth-order valence-corrected chi connectivity index (χ4v) is 0.470. The fraction of sp³-hybridized carbons (Fsp3) is 0.583. The first-order valence-corrected chi connectivity index (χ1v) is 4.76. The summed E-state index contributed by atoms with van der Waals surface area (Å²) in [5.74, 6) is 0. The average molecular weight is 568 g/mol. The van der Waals surface area contributed by atoms with E-state index in [2.05, 4.69) is 35.0 Å². The van der Waals surface area contributed by atoms with Crippen LogP contribution in [0, 0.1) is 6.92 Å². The van der Waals surface area contributed by atoms with E-state index in [4.69, 9.17) is 0 Å². The van der Waals surface area contributed by atoms with Gasteiger partial charge in [-0.05, 0) is 0 Å². The van der Waals surface area contributed by atoms with Crippen molar-refractivity contribution in [1.29, 1.82) is 0 Å². The molecule has 0 aliphatic carbocycles. The van der Waals surface area contributed by atoms with Gasteiger partial charge in [0.15, 0.2) is 0 Å². The molecule has 0 radical (unpaired) electrons. The van der Waals surface area contributed by atoms with E-state index in [9.17, 15) is 0 Å². The summed E-state index contributed by atoms with van der Waals surface area (Å²) in [5, 5.41) is 10.5. The molecule has 0 unspecified atom stereocenters. The minimum atomic E-state index is 0. The van der Waals surface area contributed by atoms with Crippen molar-refractivity contribution < 1.29 is 51.7 Å². The van der Waals surface area contributed by atoms with Crippen LogP contribution in [0.25, 0.3) is 16.0 Å². The van der Waals surface area contributed by atoms with Gasteiger partial charge in [-0.3, -0.25) is 0 Å². The van der Waals surface area contributed by atoms with Crippen LogP contribution in [0.1, 0.15) is 5.56 Å². The Morgan fingerprint density at radius 1 is 0.706 bits per heavy atom. The molecule has 1 aromatic rings. The molecular weight excluding hydrogens is 543 g/mol. The van der Waals surface area contributed by atoms with Crippen LogP contribution in [0.4, 0.5) is 0 Å². The van der Waals surface area contributed by atoms with Crippen molar-refractivity contribution in [3.8, 4) is 0 Å². The molecule has 5 heteroatoms. The molecule has 0 saturated carbocycles. The van der Waals surface area contributed by atoms with E-state index in [1.54, 1.807) is 42.3 Å². The number of aryl methyl sites for hydroxylation is 1. The van der Waals surface area contributed by atoms with Crippen LogP contribution in [0.15, 0.2) is 24.3 Å². The van der Waals surface area contributed by atoms with E-state index in [1.807, 2.05) is 12.1 Å². The number of rotatable bonds is 0. The number of hydrogen-bond donors (Lipinski definition) is 0. The summed E-state index contributed by atoms with van der Waals surface area (Å²) < 4.78 is 0. The summed E-state index contributed by atoms with van der Waals surface area (Å²) in [6.07, 6.45) is 0. The third kappa shape index (κ3) is 59.9. The first-order chi connectivity index (χ1) is 7.14. The van der Waals surface area contributed by atoms with Gasteiger partial charge in [-0.1, -0.05) is 6.92 Å². The molecule has 1 rings (SSSR count). The minimum absolute atomic E-state index is 0. The predicted octanol–water partition coefficient (Wildman–Crippen LogP) is 3.57. The third-order valence-electron chi connectivity index (χ3n) is 0.829. The Kier molecular flexibility index (Phi) is 65.1. The van der Waals surface area contributed by atoms with E-state index >= 15 is 0 Å². The van der Waals surface area contributed by atoms with Crippen molar-refractivity contribution in [1.82, 2.24) is 0 Å². The normalized spacial score (nSPS) is 6.29. The van der Waals surface area contributed by atoms with Crippen LogP contribution in [0.2, 0.25) is 0 Å². The van der Waals surface area contributed by atoms with E-state index in [0.717, 1.165) is 0 Å². The van der Waals surface area contributed by atoms with Gasteiger partial charge in [0.2, 0.25) is 0 Å². The Morgan fingerprint density at radius 3 is 0.941 bits per heavy atom. The summed E-state index contributed by atoms with van der Waals surface area (Å²) in [7, 11) is 10.5. The fourth-order valence-electron chi connectivity index (χ4n) is 0.470. The standard InChI is InChI=1S/C6H7.3C2H6N.2Hf/c1-6-4-2-3-5-6;3*1-3-2;;/h2-5H,1H3;3*1-2H3;;/q4*-1;;+4. The van der Waals surface area contributed by atoms with E-state index < -0.39 is 0 Å². The van der Waals surface area contributed by atoms with Crippen molar-refractivity contribution in [3.05, 3.63) is 45.8 Å². The summed E-state index contributed by atoms with van der Waals surface area (Å²) in [5.41, 5.74) is 1.34. The summed E-state index contributed by atoms with van der Waals surface area (Å²) >= 11 is 0. The van der Waals surface area contributed by atoms with Gasteiger partial charge >= 0.3 is 25.8 Å². The predicted molar refractivity (Wildman–Crippen MR) is 72.4 cm³/mol. The molecule has 17 heavy (non-hydrogen) atoms. The Labute approximate surface area is 145 Å². The van der Waals surface area contributed by atoms with Gasteiger partial charge in [-0.25, -0.2) is 12.1 Å². The first kappa shape index (κ1) is 30.8. The van der Waals surface area contributed by atoms with Gasteiger partial charge in [0.1, 0.15) is 0 Å². The van der Waals surface area contributed by atoms with Crippen LogP contribution in [0.5, 0.6) is 0 Å². The van der Waals surface area contributed by atoms with E-state index in [-0.39, 0.29) is 51.7 Å². The smallest absolute Gasteiger partial charge is 0.668 e. The topological polar surface area (TPSA) is 42.3 Å². The maximum atomic E-state index is 3.50. The molecular formula is C12H25Hf2N3. The Hall–Kier alpha value is 0.970. The molecule has 96 valence electrons. The van der Waals surface area contributed by atoms with Crippen molar-refractivity contribution >= 4 is 0 Å². The summed E-state index contributed by atoms with van der Waals surface area (Å²) in [4.78, 5) is 0. The maximum Gasteiger partial charge on any atom is 4.00 e. The van der Waals surface area contributed by atoms with Crippen molar-refractivity contribution in [3.63, 3.8) is 0 Å². The van der Waals surface area contributed by atoms with Crippen LogP contribution >= 0.6 is 0 Å². The van der Waals surface area contributed by atoms with Gasteiger partial charge < -0.3 is 16.0 Å². The molecule has 0 amide bonds. The second-order valence-corrected chi connectivity index (χ2v) is 2.80. The molecule has 0 bridgehead atoms. The average Bonchev–Trinajstić information content (AvgIpc) is 2.60. The molecule has 0 fully saturated rings. The van der Waals surface area contributed by atoms with Crippen LogP contribution < -0.4 is 0 Å². The van der Waals surface area contributed by atoms with Crippen molar-refractivity contribution in [2.24, 2.45) is 0 Å². The first-order valence-electron chi connectivity index (χ1n) is 4.76. The molecule has 0 aliphatic rings. The molecule has 1 aromatic carbocycles. The largest absolute Gasteiger partial charge is 4.00 e. The third-order valence-corrected chi connectivity index (χ3v) is 0.829. The van der Waals surface area contributed by atoms with Gasteiger partial charge in [-0.15, -0.1) is 0 Å². The molecule has 0 aliphatic heterocycles. The molecule has 0 heterocycles. The SMILES string of the molecule is C[N-]C.C[N-]C.C[N-]C.C[c-]1cccc1.[Hf+4].[Hf]. The molecule has 0 aromatic heterocycles. The van der Waals surface area contributed by atoms with E-state index in [0.29, 0.717) is 0 Å². The van der Waals surface area contributed by atoms with Gasteiger partial charge in [0, 0.05) is 25.8 Å². The maximum absolute atomic E-state index is 3.50. The van der Waals surface area contributed by atoms with Gasteiger partial charge in [0.05, 0.1) is 0 Å². The van der Waals surface area contributed by atoms with Gasteiger partial charge in [0.25, 0.3) is 0 Å². The molecule has 3 nitrogen and oxygen atoms in total. The zero-order chi connectivity index (χ0) is 12.5. The second kappa shape index (κ2) is 36.0. The molecule has 0 N–H and O–H groups in total. The summed E-state index contributed by atoms with van der Waals surface area (Å²) in [6, 6.07) is 8.24. The van der Waals surface area contributed by atoms with E-state index in [1.165, 1.54) is 5.56 Å². The summed E-state index contributed by atoms with van der Waals surface area (Å²) in [6.45, 7) is 2.08. The number of nitrogens with zero attached hydrogens (tertiary/aromatic N) is 3. The van der Waals surface area contributed by atoms with Crippen molar-refractivity contribution in [2.75, 3.05) is 42.3 Å². The number of hydrogen-bond acceptors (Lipinski definition) is 0. The Balaban J connectivity index is -0.0000000390. The minimum Gasteiger partial charge on any atom is -0.668 e. The second-order valence-electron chi connectivity index (χ2n) is 2.80.